The van der Waals surface area contributed by atoms with Crippen LogP contribution in [0.15, 0.2) is 48.5 Å². The molecule has 5 rings (SSSR count). The number of hydrogen-bond donors (Lipinski definition) is 2. The molecular weight excluding hydrogens is 407 g/mol. The molecule has 1 aliphatic heterocycles. The van der Waals surface area contributed by atoms with Crippen molar-refractivity contribution in [3.63, 3.8) is 0 Å². The van der Waals surface area contributed by atoms with Crippen LogP contribution >= 0.6 is 0 Å². The zero-order valence-corrected chi connectivity index (χ0v) is 18.1. The summed E-state index contributed by atoms with van der Waals surface area (Å²) in [6.45, 7) is 1.02. The average molecular weight is 437 g/mol. The van der Waals surface area contributed by atoms with Crippen molar-refractivity contribution in [2.45, 2.75) is 63.3 Å². The number of fused-ring (bicyclic) bond motifs is 3. The van der Waals surface area contributed by atoms with E-state index in [1.165, 1.54) is 36.2 Å². The van der Waals surface area contributed by atoms with E-state index in [1.807, 2.05) is 18.2 Å². The third kappa shape index (κ3) is 4.14. The lowest BCUT2D eigenvalue weighted by Gasteiger charge is -2.25. The van der Waals surface area contributed by atoms with Crippen LogP contribution < -0.4 is 5.73 Å². The number of primary amides is 1. The van der Waals surface area contributed by atoms with Gasteiger partial charge in [0.2, 0.25) is 5.91 Å². The van der Waals surface area contributed by atoms with E-state index < -0.39 is 11.4 Å². The van der Waals surface area contributed by atoms with Gasteiger partial charge in [-0.25, -0.2) is 4.39 Å². The molecule has 0 saturated heterocycles. The van der Waals surface area contributed by atoms with Crippen molar-refractivity contribution < 1.29 is 19.1 Å². The molecule has 168 valence electrons. The molecule has 0 atom stereocenters. The highest BCUT2D eigenvalue weighted by Crippen LogP contribution is 2.40. The monoisotopic (exact) mass is 436 g/mol. The molecule has 32 heavy (non-hydrogen) atoms. The summed E-state index contributed by atoms with van der Waals surface area (Å²) in [5, 5.41) is 10.2. The number of aryl methyl sites for hydroxylation is 1. The first-order valence-corrected chi connectivity index (χ1v) is 11.3. The minimum absolute atomic E-state index is 0.142. The first kappa shape index (κ1) is 22.1. The van der Waals surface area contributed by atoms with Crippen molar-refractivity contribution in [2.75, 3.05) is 0 Å². The number of nitrogens with two attached hydrogens (primary N) is 1. The van der Waals surface area contributed by atoms with Crippen molar-refractivity contribution in [1.29, 1.82) is 0 Å². The standard InChI is InChI=1S/C14H15NO2.C12H14FNO/c16-14(17)9-11-10-5-1-2-6-12(10)15-8-4-3-7-13(11)15;13-10-5-3-9(4-6-10)12(11(14)15)7-1-2-8-12/h1-2,5-6H,3-4,7-9H2,(H,16,17);3-6H,1-2,7-8H2,(H2,14,15). The average Bonchev–Trinajstić information content (AvgIpc) is 3.40. The SMILES string of the molecule is NC(=O)C1(c2ccc(F)cc2)CCCC1.O=C(O)Cc1c2n(c3ccccc13)CCCC2. The summed E-state index contributed by atoms with van der Waals surface area (Å²) in [6.07, 6.45) is 7.11. The molecule has 1 amide bonds. The van der Waals surface area contributed by atoms with Crippen LogP contribution in [-0.2, 0) is 34.4 Å². The van der Waals surface area contributed by atoms with E-state index in [1.54, 1.807) is 12.1 Å². The van der Waals surface area contributed by atoms with Crippen molar-refractivity contribution in [2.24, 2.45) is 5.73 Å². The number of aliphatic carboxylic acids is 1. The Labute approximate surface area is 187 Å². The summed E-state index contributed by atoms with van der Waals surface area (Å²) in [7, 11) is 0. The second kappa shape index (κ2) is 9.15. The molecule has 2 aromatic carbocycles. The Balaban J connectivity index is 0.000000155. The first-order valence-electron chi connectivity index (χ1n) is 11.3. The van der Waals surface area contributed by atoms with Gasteiger partial charge in [-0.1, -0.05) is 43.2 Å². The van der Waals surface area contributed by atoms with Gasteiger partial charge in [-0.3, -0.25) is 9.59 Å². The van der Waals surface area contributed by atoms with Gasteiger partial charge in [-0.05, 0) is 61.4 Å². The van der Waals surface area contributed by atoms with Crippen LogP contribution in [0.1, 0.15) is 55.3 Å². The van der Waals surface area contributed by atoms with Gasteiger partial charge in [-0.2, -0.15) is 0 Å². The highest BCUT2D eigenvalue weighted by atomic mass is 19.1. The maximum atomic E-state index is 12.8. The van der Waals surface area contributed by atoms with E-state index in [4.69, 9.17) is 10.8 Å². The van der Waals surface area contributed by atoms with E-state index in [-0.39, 0.29) is 18.1 Å². The molecule has 2 aliphatic rings. The zero-order chi connectivity index (χ0) is 22.7. The number of rotatable bonds is 4. The predicted molar refractivity (Wildman–Crippen MR) is 122 cm³/mol. The number of carbonyl (C=O) groups is 2. The predicted octanol–water partition coefficient (Wildman–Crippen LogP) is 4.73. The number of aromatic nitrogens is 1. The second-order valence-electron chi connectivity index (χ2n) is 8.78. The maximum absolute atomic E-state index is 12.8. The molecule has 0 radical (unpaired) electrons. The number of carbonyl (C=O) groups excluding carboxylic acids is 1. The lowest BCUT2D eigenvalue weighted by molar-refractivity contribution is -0.136. The molecule has 0 unspecified atom stereocenters. The number of halogens is 1. The van der Waals surface area contributed by atoms with E-state index in [2.05, 4.69) is 10.6 Å². The zero-order valence-electron chi connectivity index (χ0n) is 18.1. The number of para-hydroxylation sites is 1. The molecule has 1 fully saturated rings. The lowest BCUT2D eigenvalue weighted by Crippen LogP contribution is -2.38. The first-order chi connectivity index (χ1) is 15.4. The van der Waals surface area contributed by atoms with Crippen LogP contribution in [0, 0.1) is 5.82 Å². The Morgan fingerprint density at radius 3 is 2.34 bits per heavy atom. The molecule has 3 aromatic rings. The molecule has 3 N–H and O–H groups in total. The number of hydrogen-bond acceptors (Lipinski definition) is 2. The molecule has 1 aliphatic carbocycles. The van der Waals surface area contributed by atoms with Gasteiger partial charge in [0.1, 0.15) is 5.82 Å². The van der Waals surface area contributed by atoms with E-state index in [0.717, 1.165) is 55.2 Å². The fourth-order valence-corrected chi connectivity index (χ4v) is 5.30. The van der Waals surface area contributed by atoms with Crippen molar-refractivity contribution >= 4 is 22.8 Å². The van der Waals surface area contributed by atoms with Gasteiger partial charge >= 0.3 is 5.97 Å². The highest BCUT2D eigenvalue weighted by Gasteiger charge is 2.41. The highest BCUT2D eigenvalue weighted by molar-refractivity contribution is 5.89. The molecule has 0 spiro atoms. The molecule has 2 heterocycles. The molecule has 1 aromatic heterocycles. The fourth-order valence-electron chi connectivity index (χ4n) is 5.30. The molecular formula is C26H29FN2O3. The van der Waals surface area contributed by atoms with Crippen LogP contribution in [0.4, 0.5) is 4.39 Å². The van der Waals surface area contributed by atoms with Crippen LogP contribution in [-0.4, -0.2) is 21.6 Å². The quantitative estimate of drug-likeness (QED) is 0.620. The Bertz CT molecular complexity index is 1130. The Morgan fingerprint density at radius 1 is 1.00 bits per heavy atom. The van der Waals surface area contributed by atoms with Crippen LogP contribution in [0.2, 0.25) is 0 Å². The van der Waals surface area contributed by atoms with E-state index in [9.17, 15) is 14.0 Å². The molecule has 1 saturated carbocycles. The van der Waals surface area contributed by atoms with Crippen molar-refractivity contribution in [3.8, 4) is 0 Å². The molecule has 5 nitrogen and oxygen atoms in total. The van der Waals surface area contributed by atoms with Gasteiger partial charge < -0.3 is 15.4 Å². The number of amides is 1. The smallest absolute Gasteiger partial charge is 0.307 e. The van der Waals surface area contributed by atoms with Crippen molar-refractivity contribution in [3.05, 3.63) is 71.2 Å². The lowest BCUT2D eigenvalue weighted by atomic mass is 9.78. The molecule has 6 heteroatoms. The van der Waals surface area contributed by atoms with Gasteiger partial charge in [0.25, 0.3) is 0 Å². The summed E-state index contributed by atoms with van der Waals surface area (Å²) in [5.41, 5.74) is 9.23. The fraction of sp³-hybridized carbons (Fsp3) is 0.385. The van der Waals surface area contributed by atoms with Gasteiger partial charge in [0.15, 0.2) is 0 Å². The van der Waals surface area contributed by atoms with Crippen molar-refractivity contribution in [1.82, 2.24) is 4.57 Å². The third-order valence-electron chi connectivity index (χ3n) is 6.89. The number of benzene rings is 2. The van der Waals surface area contributed by atoms with Crippen LogP contribution in [0.5, 0.6) is 0 Å². The van der Waals surface area contributed by atoms with Crippen LogP contribution in [0.3, 0.4) is 0 Å². The minimum Gasteiger partial charge on any atom is -0.481 e. The second-order valence-corrected chi connectivity index (χ2v) is 8.78. The van der Waals surface area contributed by atoms with Gasteiger partial charge in [0, 0.05) is 23.1 Å². The summed E-state index contributed by atoms with van der Waals surface area (Å²) in [4.78, 5) is 22.5. The summed E-state index contributed by atoms with van der Waals surface area (Å²) < 4.78 is 15.1. The van der Waals surface area contributed by atoms with E-state index in [0.29, 0.717) is 0 Å². The normalized spacial score (nSPS) is 16.8. The Kier molecular flexibility index (Phi) is 6.31. The molecule has 0 bridgehead atoms. The van der Waals surface area contributed by atoms with Gasteiger partial charge in [-0.15, -0.1) is 0 Å². The summed E-state index contributed by atoms with van der Waals surface area (Å²) in [6, 6.07) is 14.3. The largest absolute Gasteiger partial charge is 0.481 e. The Morgan fingerprint density at radius 2 is 1.69 bits per heavy atom. The number of carboxylic acids is 1. The topological polar surface area (TPSA) is 85.3 Å². The summed E-state index contributed by atoms with van der Waals surface area (Å²) >= 11 is 0. The Hall–Kier alpha value is -3.15. The summed E-state index contributed by atoms with van der Waals surface area (Å²) in [5.74, 6) is -1.31. The minimum atomic E-state index is -0.741. The number of nitrogens with zero attached hydrogens (tertiary/aromatic N) is 1. The maximum Gasteiger partial charge on any atom is 0.307 e. The third-order valence-corrected chi connectivity index (χ3v) is 6.89. The van der Waals surface area contributed by atoms with Gasteiger partial charge in [0.05, 0.1) is 11.8 Å². The van der Waals surface area contributed by atoms with E-state index >= 15 is 0 Å². The van der Waals surface area contributed by atoms with Crippen LogP contribution in [0.25, 0.3) is 10.9 Å². The number of carboxylic acid groups (broad SMARTS) is 1.